The van der Waals surface area contributed by atoms with Crippen LogP contribution in [-0.2, 0) is 9.53 Å². The maximum Gasteiger partial charge on any atom is 0.226 e. The predicted octanol–water partition coefficient (Wildman–Crippen LogP) is 4.07. The molecule has 3 nitrogen and oxygen atoms in total. The van der Waals surface area contributed by atoms with Gasteiger partial charge in [-0.25, -0.2) is 0 Å². The number of ether oxygens (including phenoxy) is 1. The Balaban J connectivity index is 1.63. The summed E-state index contributed by atoms with van der Waals surface area (Å²) in [6.07, 6.45) is 14.3. The SMILES string of the molecule is CCO[C@@H]1C[C@@H](N(C)C(=O)CC2=CCCCC2)C12CCCC2. The van der Waals surface area contributed by atoms with Crippen LogP contribution in [0.5, 0.6) is 0 Å². The summed E-state index contributed by atoms with van der Waals surface area (Å²) in [5.74, 6) is 0.319. The molecule has 0 N–H and O–H groups in total. The van der Waals surface area contributed by atoms with Gasteiger partial charge >= 0.3 is 0 Å². The average Bonchev–Trinajstić information content (AvgIpc) is 3.04. The Morgan fingerprint density at radius 3 is 2.73 bits per heavy atom. The van der Waals surface area contributed by atoms with Gasteiger partial charge in [0.15, 0.2) is 0 Å². The Morgan fingerprint density at radius 1 is 1.32 bits per heavy atom. The van der Waals surface area contributed by atoms with Crippen molar-refractivity contribution in [3.63, 3.8) is 0 Å². The maximum atomic E-state index is 12.7. The molecule has 3 heteroatoms. The van der Waals surface area contributed by atoms with Gasteiger partial charge in [-0.3, -0.25) is 4.79 Å². The van der Waals surface area contributed by atoms with Gasteiger partial charge in [-0.2, -0.15) is 0 Å². The average molecular weight is 305 g/mol. The Kier molecular flexibility index (Phi) is 4.91. The molecule has 3 aliphatic carbocycles. The third-order valence-corrected chi connectivity index (χ3v) is 6.27. The molecule has 22 heavy (non-hydrogen) atoms. The first-order valence-electron chi connectivity index (χ1n) is 9.22. The molecule has 124 valence electrons. The van der Waals surface area contributed by atoms with E-state index in [2.05, 4.69) is 17.9 Å². The minimum Gasteiger partial charge on any atom is -0.378 e. The predicted molar refractivity (Wildman–Crippen MR) is 88.7 cm³/mol. The van der Waals surface area contributed by atoms with Gasteiger partial charge in [0.2, 0.25) is 5.91 Å². The number of rotatable bonds is 5. The molecule has 0 aromatic carbocycles. The van der Waals surface area contributed by atoms with E-state index in [0.717, 1.165) is 25.9 Å². The van der Waals surface area contributed by atoms with Gasteiger partial charge < -0.3 is 9.64 Å². The molecule has 2 saturated carbocycles. The van der Waals surface area contributed by atoms with Crippen LogP contribution < -0.4 is 0 Å². The third-order valence-electron chi connectivity index (χ3n) is 6.27. The highest BCUT2D eigenvalue weighted by Gasteiger charge is 2.58. The second kappa shape index (κ2) is 6.74. The second-order valence-corrected chi connectivity index (χ2v) is 7.43. The summed E-state index contributed by atoms with van der Waals surface area (Å²) >= 11 is 0. The van der Waals surface area contributed by atoms with Gasteiger partial charge in [0, 0.05) is 31.5 Å². The van der Waals surface area contributed by atoms with Gasteiger partial charge in [-0.1, -0.05) is 24.5 Å². The summed E-state index contributed by atoms with van der Waals surface area (Å²) < 4.78 is 5.98. The number of hydrogen-bond donors (Lipinski definition) is 0. The van der Waals surface area contributed by atoms with Crippen LogP contribution in [0, 0.1) is 5.41 Å². The third kappa shape index (κ3) is 2.84. The van der Waals surface area contributed by atoms with Crippen molar-refractivity contribution in [1.82, 2.24) is 4.90 Å². The van der Waals surface area contributed by atoms with Crippen LogP contribution in [0.25, 0.3) is 0 Å². The summed E-state index contributed by atoms with van der Waals surface area (Å²) in [7, 11) is 2.03. The van der Waals surface area contributed by atoms with Gasteiger partial charge in [-0.15, -0.1) is 0 Å². The van der Waals surface area contributed by atoms with Crippen LogP contribution in [0.15, 0.2) is 11.6 Å². The first-order chi connectivity index (χ1) is 10.7. The molecule has 3 aliphatic rings. The summed E-state index contributed by atoms with van der Waals surface area (Å²) in [5, 5.41) is 0. The van der Waals surface area contributed by atoms with Crippen molar-refractivity contribution >= 4 is 5.91 Å². The molecule has 0 aliphatic heterocycles. The Bertz CT molecular complexity index is 437. The fourth-order valence-electron chi connectivity index (χ4n) is 4.95. The largest absolute Gasteiger partial charge is 0.378 e. The first kappa shape index (κ1) is 16.0. The van der Waals surface area contributed by atoms with Crippen molar-refractivity contribution in [2.75, 3.05) is 13.7 Å². The molecule has 0 radical (unpaired) electrons. The minimum atomic E-state index is 0.265. The lowest BCUT2D eigenvalue weighted by Gasteiger charge is -2.57. The van der Waals surface area contributed by atoms with Crippen molar-refractivity contribution in [3.05, 3.63) is 11.6 Å². The molecule has 0 saturated heterocycles. The molecule has 2 atom stereocenters. The topological polar surface area (TPSA) is 29.5 Å². The molecule has 0 unspecified atom stereocenters. The lowest BCUT2D eigenvalue weighted by Crippen LogP contribution is -2.64. The minimum absolute atomic E-state index is 0.265. The monoisotopic (exact) mass is 305 g/mol. The lowest BCUT2D eigenvalue weighted by atomic mass is 9.60. The Hall–Kier alpha value is -0.830. The number of carbonyl (C=O) groups excluding carboxylic acids is 1. The molecule has 1 spiro atoms. The number of nitrogens with zero attached hydrogens (tertiary/aromatic N) is 1. The van der Waals surface area contributed by atoms with Gasteiger partial charge in [0.1, 0.15) is 0 Å². The van der Waals surface area contributed by atoms with Crippen molar-refractivity contribution in [1.29, 1.82) is 0 Å². The van der Waals surface area contributed by atoms with Crippen LogP contribution in [0.2, 0.25) is 0 Å². The molecular weight excluding hydrogens is 274 g/mol. The normalized spacial score (nSPS) is 30.0. The smallest absolute Gasteiger partial charge is 0.226 e. The zero-order valence-corrected chi connectivity index (χ0v) is 14.3. The van der Waals surface area contributed by atoms with E-state index in [1.165, 1.54) is 44.1 Å². The molecule has 0 aromatic heterocycles. The number of hydrogen-bond acceptors (Lipinski definition) is 2. The molecule has 0 aromatic rings. The molecule has 0 heterocycles. The molecule has 3 rings (SSSR count). The molecule has 0 bridgehead atoms. The summed E-state index contributed by atoms with van der Waals surface area (Å²) in [4.78, 5) is 14.8. The first-order valence-corrected chi connectivity index (χ1v) is 9.22. The van der Waals surface area contributed by atoms with Crippen LogP contribution in [-0.4, -0.2) is 36.6 Å². The Morgan fingerprint density at radius 2 is 2.09 bits per heavy atom. The highest BCUT2D eigenvalue weighted by atomic mass is 16.5. The number of amides is 1. The summed E-state index contributed by atoms with van der Waals surface area (Å²) in [6, 6.07) is 0.406. The molecule has 1 amide bonds. The number of carbonyl (C=O) groups is 1. The van der Waals surface area contributed by atoms with Crippen LogP contribution in [0.3, 0.4) is 0 Å². The highest BCUT2D eigenvalue weighted by Crippen LogP contribution is 2.56. The maximum absolute atomic E-state index is 12.7. The van der Waals surface area contributed by atoms with Gasteiger partial charge in [0.25, 0.3) is 0 Å². The second-order valence-electron chi connectivity index (χ2n) is 7.43. The zero-order chi connectivity index (χ0) is 15.6. The highest BCUT2D eigenvalue weighted by molar-refractivity contribution is 5.79. The number of allylic oxidation sites excluding steroid dienone is 1. The van der Waals surface area contributed by atoms with Crippen LogP contribution >= 0.6 is 0 Å². The van der Waals surface area contributed by atoms with Crippen molar-refractivity contribution in [2.45, 2.75) is 83.3 Å². The summed E-state index contributed by atoms with van der Waals surface area (Å²) in [6.45, 7) is 2.88. The fourth-order valence-corrected chi connectivity index (χ4v) is 4.95. The fraction of sp³-hybridized carbons (Fsp3) is 0.842. The van der Waals surface area contributed by atoms with E-state index >= 15 is 0 Å². The Labute approximate surface area is 135 Å². The van der Waals surface area contributed by atoms with Crippen molar-refractivity contribution < 1.29 is 9.53 Å². The van der Waals surface area contributed by atoms with E-state index < -0.39 is 0 Å². The lowest BCUT2D eigenvalue weighted by molar-refractivity contribution is -0.172. The van der Waals surface area contributed by atoms with E-state index in [1.54, 1.807) is 0 Å². The van der Waals surface area contributed by atoms with Gasteiger partial charge in [-0.05, 0) is 51.9 Å². The van der Waals surface area contributed by atoms with E-state index in [9.17, 15) is 4.79 Å². The molecular formula is C19H31NO2. The molecule has 2 fully saturated rings. The van der Waals surface area contributed by atoms with E-state index in [0.29, 0.717) is 24.5 Å². The quantitative estimate of drug-likeness (QED) is 0.716. The summed E-state index contributed by atoms with van der Waals surface area (Å²) in [5.41, 5.74) is 1.63. The van der Waals surface area contributed by atoms with Crippen LogP contribution in [0.1, 0.15) is 71.1 Å². The van der Waals surface area contributed by atoms with E-state index in [4.69, 9.17) is 4.74 Å². The van der Waals surface area contributed by atoms with E-state index in [1.807, 2.05) is 7.05 Å². The van der Waals surface area contributed by atoms with Crippen molar-refractivity contribution in [3.8, 4) is 0 Å². The van der Waals surface area contributed by atoms with Gasteiger partial charge in [0.05, 0.1) is 6.10 Å². The zero-order valence-electron chi connectivity index (χ0n) is 14.3. The van der Waals surface area contributed by atoms with Crippen LogP contribution in [0.4, 0.5) is 0 Å². The standard InChI is InChI=1S/C19H31NO2/c1-3-22-17-14-16(19(17)11-7-8-12-19)20(2)18(21)13-15-9-5-4-6-10-15/h9,16-17H,3-8,10-14H2,1-2H3/t16-,17-/m1/s1. The van der Waals surface area contributed by atoms with E-state index in [-0.39, 0.29) is 5.41 Å². The van der Waals surface area contributed by atoms with Crippen molar-refractivity contribution in [2.24, 2.45) is 5.41 Å².